The number of nitriles is 1. The van der Waals surface area contributed by atoms with Crippen molar-refractivity contribution in [2.75, 3.05) is 12.0 Å². The highest BCUT2D eigenvalue weighted by molar-refractivity contribution is 6.44. The standard InChI is InChI=1S/C11H8Cl3N3O2/c1-2-19-11(18)10(5-15)17-16-9-4-7(13)6(12)3-8(9)14/h3-4,16H,2H2,1H3. The fraction of sp³-hybridized carbons (Fsp3) is 0.182. The van der Waals surface area contributed by atoms with Crippen LogP contribution in [0.15, 0.2) is 17.2 Å². The van der Waals surface area contributed by atoms with Crippen LogP contribution in [0.2, 0.25) is 15.1 Å². The molecule has 0 bridgehead atoms. The zero-order chi connectivity index (χ0) is 14.4. The van der Waals surface area contributed by atoms with Crippen LogP contribution >= 0.6 is 34.8 Å². The molecule has 0 aliphatic carbocycles. The number of esters is 1. The van der Waals surface area contributed by atoms with Gasteiger partial charge in [0, 0.05) is 0 Å². The van der Waals surface area contributed by atoms with E-state index in [1.165, 1.54) is 12.1 Å². The molecule has 8 heteroatoms. The Morgan fingerprint density at radius 3 is 2.58 bits per heavy atom. The van der Waals surface area contributed by atoms with Gasteiger partial charge in [0.05, 0.1) is 27.4 Å². The predicted octanol–water partition coefficient (Wildman–Crippen LogP) is 3.50. The van der Waals surface area contributed by atoms with E-state index < -0.39 is 11.7 Å². The maximum atomic E-state index is 11.3. The van der Waals surface area contributed by atoms with Gasteiger partial charge in [0.25, 0.3) is 0 Å². The van der Waals surface area contributed by atoms with Crippen molar-refractivity contribution in [3.05, 3.63) is 27.2 Å². The lowest BCUT2D eigenvalue weighted by atomic mass is 10.3. The Morgan fingerprint density at radius 2 is 2.00 bits per heavy atom. The molecule has 0 saturated heterocycles. The zero-order valence-corrected chi connectivity index (χ0v) is 12.0. The average molecular weight is 321 g/mol. The lowest BCUT2D eigenvalue weighted by Gasteiger charge is -2.06. The van der Waals surface area contributed by atoms with Gasteiger partial charge in [0.1, 0.15) is 6.07 Å². The highest BCUT2D eigenvalue weighted by Crippen LogP contribution is 2.32. The second kappa shape index (κ2) is 7.19. The molecule has 0 aliphatic rings. The summed E-state index contributed by atoms with van der Waals surface area (Å²) in [6.45, 7) is 1.77. The van der Waals surface area contributed by atoms with E-state index in [4.69, 9.17) is 40.1 Å². The van der Waals surface area contributed by atoms with Crippen LogP contribution in [0.25, 0.3) is 0 Å². The van der Waals surface area contributed by atoms with Crippen molar-refractivity contribution in [1.29, 1.82) is 5.26 Å². The molecule has 0 fully saturated rings. The van der Waals surface area contributed by atoms with E-state index in [0.717, 1.165) is 0 Å². The van der Waals surface area contributed by atoms with Gasteiger partial charge >= 0.3 is 5.97 Å². The van der Waals surface area contributed by atoms with E-state index in [-0.39, 0.29) is 21.7 Å². The van der Waals surface area contributed by atoms with Crippen molar-refractivity contribution in [2.24, 2.45) is 5.10 Å². The van der Waals surface area contributed by atoms with Crippen LogP contribution in [0.5, 0.6) is 0 Å². The first-order valence-electron chi connectivity index (χ1n) is 5.05. The monoisotopic (exact) mass is 319 g/mol. The highest BCUT2D eigenvalue weighted by Gasteiger charge is 2.12. The summed E-state index contributed by atoms with van der Waals surface area (Å²) in [5, 5.41) is 13.2. The Kier molecular flexibility index (Phi) is 5.90. The quantitative estimate of drug-likeness (QED) is 0.399. The molecule has 0 amide bonds. The third kappa shape index (κ3) is 4.28. The van der Waals surface area contributed by atoms with Crippen LogP contribution in [-0.4, -0.2) is 18.3 Å². The number of carbonyl (C=O) groups is 1. The molecule has 0 heterocycles. The molecule has 1 aromatic carbocycles. The van der Waals surface area contributed by atoms with Gasteiger partial charge in [-0.2, -0.15) is 10.4 Å². The minimum absolute atomic E-state index is 0.146. The Bertz CT molecular complexity index is 567. The van der Waals surface area contributed by atoms with Crippen molar-refractivity contribution >= 4 is 52.2 Å². The highest BCUT2D eigenvalue weighted by atomic mass is 35.5. The number of benzene rings is 1. The topological polar surface area (TPSA) is 74.5 Å². The summed E-state index contributed by atoms with van der Waals surface area (Å²) in [5.74, 6) is -0.825. The van der Waals surface area contributed by atoms with Gasteiger partial charge in [-0.25, -0.2) is 4.79 Å². The van der Waals surface area contributed by atoms with Gasteiger partial charge in [-0.3, -0.25) is 5.43 Å². The second-order valence-electron chi connectivity index (χ2n) is 3.15. The molecule has 19 heavy (non-hydrogen) atoms. The minimum Gasteiger partial charge on any atom is -0.461 e. The van der Waals surface area contributed by atoms with Crippen LogP contribution in [0.1, 0.15) is 6.92 Å². The summed E-state index contributed by atoms with van der Waals surface area (Å²) in [5.41, 5.74) is 2.35. The molecular weight excluding hydrogens is 312 g/mol. The molecule has 0 unspecified atom stereocenters. The Balaban J connectivity index is 2.94. The third-order valence-corrected chi connectivity index (χ3v) is 2.91. The second-order valence-corrected chi connectivity index (χ2v) is 4.37. The van der Waals surface area contributed by atoms with Crippen LogP contribution in [0.3, 0.4) is 0 Å². The number of nitrogens with zero attached hydrogens (tertiary/aromatic N) is 2. The molecule has 1 aromatic rings. The fourth-order valence-corrected chi connectivity index (χ4v) is 1.63. The van der Waals surface area contributed by atoms with E-state index in [1.54, 1.807) is 13.0 Å². The summed E-state index contributed by atoms with van der Waals surface area (Å²) in [6.07, 6.45) is 0. The number of carbonyl (C=O) groups excluding carboxylic acids is 1. The number of hydrazone groups is 1. The first kappa shape index (κ1) is 15.6. The fourth-order valence-electron chi connectivity index (χ4n) is 1.04. The van der Waals surface area contributed by atoms with Gasteiger partial charge in [0.2, 0.25) is 5.71 Å². The van der Waals surface area contributed by atoms with Crippen molar-refractivity contribution in [2.45, 2.75) is 6.92 Å². The molecular formula is C11H8Cl3N3O2. The van der Waals surface area contributed by atoms with Gasteiger partial charge in [0.15, 0.2) is 0 Å². The number of ether oxygens (including phenoxy) is 1. The van der Waals surface area contributed by atoms with Crippen LogP contribution < -0.4 is 5.43 Å². The molecule has 0 saturated carbocycles. The number of nitrogens with one attached hydrogen (secondary N) is 1. The lowest BCUT2D eigenvalue weighted by molar-refractivity contribution is -0.134. The summed E-state index contributed by atoms with van der Waals surface area (Å²) < 4.78 is 4.64. The van der Waals surface area contributed by atoms with Gasteiger partial charge < -0.3 is 4.74 Å². The number of anilines is 1. The largest absolute Gasteiger partial charge is 0.461 e. The molecule has 0 aliphatic heterocycles. The van der Waals surface area contributed by atoms with Gasteiger partial charge in [-0.1, -0.05) is 34.8 Å². The predicted molar refractivity (Wildman–Crippen MR) is 74.8 cm³/mol. The van der Waals surface area contributed by atoms with Crippen molar-refractivity contribution in [1.82, 2.24) is 0 Å². The van der Waals surface area contributed by atoms with Crippen molar-refractivity contribution in [3.8, 4) is 6.07 Å². The van der Waals surface area contributed by atoms with E-state index in [0.29, 0.717) is 5.69 Å². The van der Waals surface area contributed by atoms with Crippen LogP contribution in [0, 0.1) is 11.3 Å². The van der Waals surface area contributed by atoms with E-state index in [9.17, 15) is 4.79 Å². The first-order valence-corrected chi connectivity index (χ1v) is 6.18. The van der Waals surface area contributed by atoms with Crippen LogP contribution in [0.4, 0.5) is 5.69 Å². The summed E-state index contributed by atoms with van der Waals surface area (Å²) in [7, 11) is 0. The summed E-state index contributed by atoms with van der Waals surface area (Å²) in [6, 6.07) is 4.46. The number of rotatable bonds is 4. The first-order chi connectivity index (χ1) is 8.99. The summed E-state index contributed by atoms with van der Waals surface area (Å²) in [4.78, 5) is 11.3. The molecule has 1 rings (SSSR count). The number of hydrogen-bond acceptors (Lipinski definition) is 5. The van der Waals surface area contributed by atoms with Gasteiger partial charge in [-0.15, -0.1) is 0 Å². The smallest absolute Gasteiger partial charge is 0.369 e. The molecule has 5 nitrogen and oxygen atoms in total. The van der Waals surface area contributed by atoms with Crippen LogP contribution in [-0.2, 0) is 9.53 Å². The van der Waals surface area contributed by atoms with E-state index in [2.05, 4.69) is 15.3 Å². The summed E-state index contributed by atoms with van der Waals surface area (Å²) >= 11 is 17.5. The molecule has 100 valence electrons. The Hall–Kier alpha value is -1.48. The lowest BCUT2D eigenvalue weighted by Crippen LogP contribution is -2.17. The number of halogens is 3. The van der Waals surface area contributed by atoms with E-state index >= 15 is 0 Å². The molecule has 0 radical (unpaired) electrons. The Labute approximate surface area is 124 Å². The normalized spacial score (nSPS) is 10.8. The Morgan fingerprint density at radius 1 is 1.37 bits per heavy atom. The minimum atomic E-state index is -0.825. The van der Waals surface area contributed by atoms with Gasteiger partial charge in [-0.05, 0) is 19.1 Å². The van der Waals surface area contributed by atoms with E-state index in [1.807, 2.05) is 0 Å². The molecule has 0 spiro atoms. The molecule has 0 atom stereocenters. The van der Waals surface area contributed by atoms with Crippen molar-refractivity contribution < 1.29 is 9.53 Å². The molecule has 1 N–H and O–H groups in total. The van der Waals surface area contributed by atoms with Crippen molar-refractivity contribution in [3.63, 3.8) is 0 Å². The molecule has 0 aromatic heterocycles. The third-order valence-electron chi connectivity index (χ3n) is 1.87. The average Bonchev–Trinajstić information content (AvgIpc) is 2.36. The zero-order valence-electron chi connectivity index (χ0n) is 9.71. The SMILES string of the molecule is CCOC(=O)C(C#N)=NNc1cc(Cl)c(Cl)cc1Cl. The number of hydrogen-bond donors (Lipinski definition) is 1. The maximum Gasteiger partial charge on any atom is 0.369 e. The maximum absolute atomic E-state index is 11.3.